The highest BCUT2D eigenvalue weighted by Crippen LogP contribution is 2.36. The van der Waals surface area contributed by atoms with E-state index in [-0.39, 0.29) is 17.3 Å². The molecule has 1 unspecified atom stereocenters. The molecule has 0 aliphatic heterocycles. The van der Waals surface area contributed by atoms with E-state index in [0.29, 0.717) is 18.9 Å². The number of benzene rings is 2. The molecule has 9 heteroatoms. The molecule has 1 heterocycles. The molecule has 0 radical (unpaired) electrons. The van der Waals surface area contributed by atoms with Gasteiger partial charge in [0.1, 0.15) is 5.69 Å². The van der Waals surface area contributed by atoms with Gasteiger partial charge in [0.05, 0.1) is 11.3 Å². The number of nitrogens with one attached hydrogen (secondary N) is 1. The standard InChI is InChI=1S/C27H29F3N2O4/c1-3-17(2)32-20(11-7-10-18-8-5-4-6-9-18)13-15-23(32)25(34)31-22-16-19(24(33)26(35)36)12-14-21(22)27(28,29)30/h4-6,8-9,12-17,24,33H,3,7,10-11H2,1-2H3,(H,31,34)(H,35,36)/t17-,24?/m0/s1. The van der Waals surface area contributed by atoms with E-state index < -0.39 is 35.4 Å². The van der Waals surface area contributed by atoms with E-state index in [2.05, 4.69) is 5.32 Å². The Labute approximate surface area is 207 Å². The van der Waals surface area contributed by atoms with Crippen molar-refractivity contribution in [2.75, 3.05) is 5.32 Å². The second-order valence-electron chi connectivity index (χ2n) is 8.67. The number of aromatic nitrogens is 1. The van der Waals surface area contributed by atoms with E-state index >= 15 is 0 Å². The number of carboxylic acids is 1. The van der Waals surface area contributed by atoms with Crippen LogP contribution in [0.15, 0.2) is 60.7 Å². The summed E-state index contributed by atoms with van der Waals surface area (Å²) in [5.74, 6) is -2.37. The maximum absolute atomic E-state index is 13.6. The smallest absolute Gasteiger partial charge is 0.418 e. The Balaban J connectivity index is 1.89. The second kappa shape index (κ2) is 11.4. The number of amides is 1. The van der Waals surface area contributed by atoms with Gasteiger partial charge >= 0.3 is 12.1 Å². The van der Waals surface area contributed by atoms with Gasteiger partial charge in [-0.3, -0.25) is 4.79 Å². The summed E-state index contributed by atoms with van der Waals surface area (Å²) in [6.45, 7) is 3.89. The predicted octanol–water partition coefficient (Wildman–Crippen LogP) is 6.02. The normalized spacial score (nSPS) is 13.3. The number of hydrogen-bond acceptors (Lipinski definition) is 3. The Bertz CT molecular complexity index is 1210. The average molecular weight is 503 g/mol. The molecule has 192 valence electrons. The maximum Gasteiger partial charge on any atom is 0.418 e. The molecule has 3 rings (SSSR count). The van der Waals surface area contributed by atoms with Gasteiger partial charge in [0, 0.05) is 11.7 Å². The zero-order valence-electron chi connectivity index (χ0n) is 20.0. The van der Waals surface area contributed by atoms with Crippen LogP contribution in [0.1, 0.15) is 71.7 Å². The molecule has 0 saturated heterocycles. The summed E-state index contributed by atoms with van der Waals surface area (Å²) < 4.78 is 42.6. The molecular formula is C27H29F3N2O4. The van der Waals surface area contributed by atoms with Crippen LogP contribution in [0.4, 0.5) is 18.9 Å². The summed E-state index contributed by atoms with van der Waals surface area (Å²) in [4.78, 5) is 24.3. The van der Waals surface area contributed by atoms with E-state index in [1.54, 1.807) is 12.1 Å². The van der Waals surface area contributed by atoms with Crippen LogP contribution < -0.4 is 5.32 Å². The summed E-state index contributed by atoms with van der Waals surface area (Å²) in [6, 6.07) is 15.7. The number of aryl methyl sites for hydroxylation is 2. The molecule has 0 bridgehead atoms. The van der Waals surface area contributed by atoms with Crippen LogP contribution in [0.25, 0.3) is 0 Å². The van der Waals surface area contributed by atoms with Gasteiger partial charge in [0.25, 0.3) is 5.91 Å². The zero-order valence-corrected chi connectivity index (χ0v) is 20.0. The van der Waals surface area contributed by atoms with Crippen molar-refractivity contribution in [2.24, 2.45) is 0 Å². The van der Waals surface area contributed by atoms with Crippen molar-refractivity contribution in [1.82, 2.24) is 4.57 Å². The van der Waals surface area contributed by atoms with E-state index in [4.69, 9.17) is 5.11 Å². The minimum absolute atomic E-state index is 0.0743. The average Bonchev–Trinajstić information content (AvgIpc) is 3.27. The fourth-order valence-electron chi connectivity index (χ4n) is 4.11. The van der Waals surface area contributed by atoms with Gasteiger partial charge in [-0.25, -0.2) is 4.79 Å². The Morgan fingerprint density at radius 1 is 1.03 bits per heavy atom. The quantitative estimate of drug-likeness (QED) is 0.316. The number of nitrogens with zero attached hydrogens (tertiary/aromatic N) is 1. The highest BCUT2D eigenvalue weighted by Gasteiger charge is 2.35. The number of halogens is 3. The molecule has 1 amide bonds. The monoisotopic (exact) mass is 502 g/mol. The fraction of sp³-hybridized carbons (Fsp3) is 0.333. The summed E-state index contributed by atoms with van der Waals surface area (Å²) in [5, 5.41) is 21.1. The van der Waals surface area contributed by atoms with Gasteiger partial charge < -0.3 is 20.1 Å². The summed E-state index contributed by atoms with van der Waals surface area (Å²) in [5.41, 5.74) is 0.271. The first-order chi connectivity index (χ1) is 17.0. The van der Waals surface area contributed by atoms with Gasteiger partial charge in [0.2, 0.25) is 0 Å². The van der Waals surface area contributed by atoms with Crippen molar-refractivity contribution in [3.8, 4) is 0 Å². The lowest BCUT2D eigenvalue weighted by Gasteiger charge is -2.21. The molecule has 1 aromatic heterocycles. The van der Waals surface area contributed by atoms with Gasteiger partial charge in [-0.1, -0.05) is 43.3 Å². The number of rotatable bonds is 10. The van der Waals surface area contributed by atoms with Crippen molar-refractivity contribution in [2.45, 2.75) is 57.9 Å². The fourth-order valence-corrected chi connectivity index (χ4v) is 4.11. The molecule has 2 atom stereocenters. The van der Waals surface area contributed by atoms with E-state index in [0.717, 1.165) is 30.7 Å². The van der Waals surface area contributed by atoms with Crippen LogP contribution in [0.5, 0.6) is 0 Å². The largest absolute Gasteiger partial charge is 0.479 e. The number of aliphatic carboxylic acids is 1. The molecule has 0 fully saturated rings. The van der Waals surface area contributed by atoms with Crippen LogP contribution in [-0.2, 0) is 23.8 Å². The highest BCUT2D eigenvalue weighted by molar-refractivity contribution is 6.04. The lowest BCUT2D eigenvalue weighted by Crippen LogP contribution is -2.22. The number of anilines is 1. The lowest BCUT2D eigenvalue weighted by atomic mass is 10.0. The Hall–Kier alpha value is -3.59. The lowest BCUT2D eigenvalue weighted by molar-refractivity contribution is -0.146. The predicted molar refractivity (Wildman–Crippen MR) is 130 cm³/mol. The molecule has 2 aromatic carbocycles. The van der Waals surface area contributed by atoms with E-state index in [1.165, 1.54) is 5.56 Å². The number of carboxylic acid groups (broad SMARTS) is 1. The maximum atomic E-state index is 13.6. The van der Waals surface area contributed by atoms with Crippen molar-refractivity contribution >= 4 is 17.6 Å². The molecule has 0 aliphatic rings. The third kappa shape index (κ3) is 6.34. The van der Waals surface area contributed by atoms with Crippen LogP contribution in [0.3, 0.4) is 0 Å². The van der Waals surface area contributed by atoms with Gasteiger partial charge in [-0.15, -0.1) is 0 Å². The summed E-state index contributed by atoms with van der Waals surface area (Å²) in [6.07, 6.45) is -3.75. The van der Waals surface area contributed by atoms with Crippen molar-refractivity contribution in [1.29, 1.82) is 0 Å². The summed E-state index contributed by atoms with van der Waals surface area (Å²) >= 11 is 0. The number of aliphatic hydroxyl groups excluding tert-OH is 1. The van der Waals surface area contributed by atoms with Gasteiger partial charge in [-0.05, 0) is 68.0 Å². The van der Waals surface area contributed by atoms with Crippen LogP contribution in [-0.4, -0.2) is 26.7 Å². The van der Waals surface area contributed by atoms with Gasteiger partial charge in [-0.2, -0.15) is 13.2 Å². The first kappa shape index (κ1) is 27.0. The Morgan fingerprint density at radius 3 is 2.33 bits per heavy atom. The van der Waals surface area contributed by atoms with E-state index in [1.807, 2.05) is 48.7 Å². The molecule has 3 aromatic rings. The minimum Gasteiger partial charge on any atom is -0.479 e. The minimum atomic E-state index is -4.80. The van der Waals surface area contributed by atoms with E-state index in [9.17, 15) is 27.9 Å². The Kier molecular flexibility index (Phi) is 8.57. The SMILES string of the molecule is CC[C@H](C)n1c(CCCc2ccccc2)ccc1C(=O)Nc1cc(C(O)C(=O)O)ccc1C(F)(F)F. The summed E-state index contributed by atoms with van der Waals surface area (Å²) in [7, 11) is 0. The highest BCUT2D eigenvalue weighted by atomic mass is 19.4. The molecule has 36 heavy (non-hydrogen) atoms. The second-order valence-corrected chi connectivity index (χ2v) is 8.67. The molecule has 6 nitrogen and oxygen atoms in total. The Morgan fingerprint density at radius 2 is 1.72 bits per heavy atom. The van der Waals surface area contributed by atoms with Crippen molar-refractivity contribution in [3.05, 3.63) is 88.7 Å². The molecule has 3 N–H and O–H groups in total. The van der Waals surface area contributed by atoms with Crippen LogP contribution >= 0.6 is 0 Å². The zero-order chi connectivity index (χ0) is 26.5. The first-order valence-electron chi connectivity index (χ1n) is 11.7. The third-order valence-corrected chi connectivity index (χ3v) is 6.15. The molecule has 0 saturated carbocycles. The van der Waals surface area contributed by atoms with Crippen LogP contribution in [0.2, 0.25) is 0 Å². The van der Waals surface area contributed by atoms with Crippen molar-refractivity contribution < 1.29 is 33.0 Å². The molecule has 0 spiro atoms. The van der Waals surface area contributed by atoms with Crippen LogP contribution in [0, 0.1) is 0 Å². The van der Waals surface area contributed by atoms with Gasteiger partial charge in [0.15, 0.2) is 6.10 Å². The molecular weight excluding hydrogens is 473 g/mol. The number of aliphatic hydroxyl groups is 1. The number of hydrogen-bond donors (Lipinski definition) is 3. The molecule has 0 aliphatic carbocycles. The first-order valence-corrected chi connectivity index (χ1v) is 11.7. The van der Waals surface area contributed by atoms with Crippen molar-refractivity contribution in [3.63, 3.8) is 0 Å². The number of carbonyl (C=O) groups is 2. The number of alkyl halides is 3. The third-order valence-electron chi connectivity index (χ3n) is 6.15. The number of carbonyl (C=O) groups excluding carboxylic acids is 1. The topological polar surface area (TPSA) is 91.6 Å².